The van der Waals surface area contributed by atoms with Crippen molar-refractivity contribution in [1.82, 2.24) is 10.2 Å². The number of aryl methyl sites for hydroxylation is 2. The Kier molecular flexibility index (Phi) is 4.11. The molecule has 0 saturated heterocycles. The van der Waals surface area contributed by atoms with Gasteiger partial charge in [0.15, 0.2) is 0 Å². The Morgan fingerprint density at radius 3 is 2.64 bits per heavy atom. The van der Waals surface area contributed by atoms with Crippen LogP contribution in [0, 0.1) is 13.8 Å². The van der Waals surface area contributed by atoms with Gasteiger partial charge in [-0.2, -0.15) is 0 Å². The number of hydrogen-bond donors (Lipinski definition) is 1. The molecule has 2 nitrogen and oxygen atoms in total. The second-order valence-electron chi connectivity index (χ2n) is 3.96. The van der Waals surface area contributed by atoms with Crippen molar-refractivity contribution < 1.29 is 0 Å². The summed E-state index contributed by atoms with van der Waals surface area (Å²) in [4.78, 5) is 2.27. The van der Waals surface area contributed by atoms with Gasteiger partial charge in [-0.05, 0) is 39.1 Å². The average Bonchev–Trinajstić information content (AvgIpc) is 2.12. The Balaban J connectivity index is 2.70. The number of nitrogens with one attached hydrogen (secondary N) is 1. The molecule has 0 fully saturated rings. The van der Waals surface area contributed by atoms with Crippen molar-refractivity contribution in [2.75, 3.05) is 20.8 Å². The molecule has 0 aliphatic heterocycles. The monoisotopic (exact) mass is 192 g/mol. The summed E-state index contributed by atoms with van der Waals surface area (Å²) in [5, 5.41) is 3.15. The SMILES string of the molecule is CNCN(C)Cc1cc(C)ccc1C. The van der Waals surface area contributed by atoms with Gasteiger partial charge in [-0.15, -0.1) is 0 Å². The number of rotatable bonds is 4. The zero-order valence-corrected chi connectivity index (χ0v) is 9.59. The minimum Gasteiger partial charge on any atom is -0.307 e. The molecule has 1 N–H and O–H groups in total. The highest BCUT2D eigenvalue weighted by molar-refractivity contribution is 5.30. The molecule has 1 aromatic rings. The molecule has 0 aromatic heterocycles. The van der Waals surface area contributed by atoms with Gasteiger partial charge in [0.25, 0.3) is 0 Å². The van der Waals surface area contributed by atoms with Crippen molar-refractivity contribution in [1.29, 1.82) is 0 Å². The van der Waals surface area contributed by atoms with Crippen molar-refractivity contribution in [3.8, 4) is 0 Å². The minimum absolute atomic E-state index is 0.924. The van der Waals surface area contributed by atoms with Crippen molar-refractivity contribution >= 4 is 0 Å². The molecule has 0 aliphatic carbocycles. The van der Waals surface area contributed by atoms with Crippen molar-refractivity contribution in [2.45, 2.75) is 20.4 Å². The fourth-order valence-electron chi connectivity index (χ4n) is 1.59. The number of benzene rings is 1. The average molecular weight is 192 g/mol. The lowest BCUT2D eigenvalue weighted by Gasteiger charge is -2.17. The van der Waals surface area contributed by atoms with Gasteiger partial charge in [0.1, 0.15) is 0 Å². The zero-order valence-electron chi connectivity index (χ0n) is 9.59. The van der Waals surface area contributed by atoms with E-state index in [1.165, 1.54) is 16.7 Å². The molecule has 78 valence electrons. The molecule has 0 heterocycles. The Labute approximate surface area is 86.9 Å². The highest BCUT2D eigenvalue weighted by Gasteiger charge is 2.02. The number of hydrogen-bond acceptors (Lipinski definition) is 2. The minimum atomic E-state index is 0.924. The predicted molar refractivity (Wildman–Crippen MR) is 61.3 cm³/mol. The van der Waals surface area contributed by atoms with E-state index < -0.39 is 0 Å². The number of nitrogens with zero attached hydrogens (tertiary/aromatic N) is 1. The van der Waals surface area contributed by atoms with Crippen molar-refractivity contribution in [2.24, 2.45) is 0 Å². The van der Waals surface area contributed by atoms with Crippen LogP contribution < -0.4 is 5.32 Å². The largest absolute Gasteiger partial charge is 0.307 e. The summed E-state index contributed by atoms with van der Waals surface area (Å²) in [7, 11) is 4.10. The molecular formula is C12H20N2. The predicted octanol–water partition coefficient (Wildman–Crippen LogP) is 1.91. The van der Waals surface area contributed by atoms with Crippen LogP contribution in [-0.4, -0.2) is 25.7 Å². The van der Waals surface area contributed by atoms with Crippen LogP contribution >= 0.6 is 0 Å². The van der Waals surface area contributed by atoms with Gasteiger partial charge in [-0.1, -0.05) is 23.8 Å². The lowest BCUT2D eigenvalue weighted by molar-refractivity contribution is 0.309. The normalized spacial score (nSPS) is 10.9. The molecule has 0 unspecified atom stereocenters. The standard InChI is InChI=1S/C12H20N2/c1-10-5-6-11(2)12(7-10)8-14(4)9-13-3/h5-7,13H,8-9H2,1-4H3. The van der Waals surface area contributed by atoms with Crippen LogP contribution in [0.1, 0.15) is 16.7 Å². The molecular weight excluding hydrogens is 172 g/mol. The maximum absolute atomic E-state index is 3.15. The summed E-state index contributed by atoms with van der Waals surface area (Å²) in [6, 6.07) is 6.62. The molecule has 0 atom stereocenters. The smallest absolute Gasteiger partial charge is 0.0478 e. The lowest BCUT2D eigenvalue weighted by atomic mass is 10.1. The van der Waals surface area contributed by atoms with Crippen LogP contribution in [0.2, 0.25) is 0 Å². The lowest BCUT2D eigenvalue weighted by Crippen LogP contribution is -2.28. The molecule has 1 rings (SSSR count). The molecule has 0 aliphatic rings. The van der Waals surface area contributed by atoms with Crippen LogP contribution in [0.4, 0.5) is 0 Å². The highest BCUT2D eigenvalue weighted by atomic mass is 15.2. The summed E-state index contributed by atoms with van der Waals surface area (Å²) >= 11 is 0. The van der Waals surface area contributed by atoms with E-state index >= 15 is 0 Å². The van der Waals surface area contributed by atoms with Crippen molar-refractivity contribution in [3.63, 3.8) is 0 Å². The fraction of sp³-hybridized carbons (Fsp3) is 0.500. The second-order valence-corrected chi connectivity index (χ2v) is 3.96. The van der Waals surface area contributed by atoms with E-state index in [9.17, 15) is 0 Å². The van der Waals surface area contributed by atoms with E-state index in [0.29, 0.717) is 0 Å². The maximum Gasteiger partial charge on any atom is 0.0478 e. The summed E-state index contributed by atoms with van der Waals surface area (Å²) < 4.78 is 0. The summed E-state index contributed by atoms with van der Waals surface area (Å²) in [6.07, 6.45) is 0. The van der Waals surface area contributed by atoms with Crippen LogP contribution in [-0.2, 0) is 6.54 Å². The molecule has 14 heavy (non-hydrogen) atoms. The van der Waals surface area contributed by atoms with Crippen molar-refractivity contribution in [3.05, 3.63) is 34.9 Å². The van der Waals surface area contributed by atoms with Gasteiger partial charge < -0.3 is 5.32 Å². The van der Waals surface area contributed by atoms with Gasteiger partial charge in [-0.3, -0.25) is 4.90 Å². The quantitative estimate of drug-likeness (QED) is 0.733. The van der Waals surface area contributed by atoms with E-state index in [2.05, 4.69) is 49.3 Å². The van der Waals surface area contributed by atoms with Gasteiger partial charge in [0.2, 0.25) is 0 Å². The Hall–Kier alpha value is -0.860. The Bertz CT molecular complexity index is 294. The summed E-state index contributed by atoms with van der Waals surface area (Å²) in [5.41, 5.74) is 4.13. The van der Waals surface area contributed by atoms with Gasteiger partial charge in [0.05, 0.1) is 0 Å². The van der Waals surface area contributed by atoms with E-state index in [-0.39, 0.29) is 0 Å². The third-order valence-corrected chi connectivity index (χ3v) is 2.37. The first kappa shape index (κ1) is 11.2. The Morgan fingerprint density at radius 2 is 2.00 bits per heavy atom. The van der Waals surface area contributed by atoms with Crippen LogP contribution in [0.5, 0.6) is 0 Å². The molecule has 0 bridgehead atoms. The fourth-order valence-corrected chi connectivity index (χ4v) is 1.59. The van der Waals surface area contributed by atoms with Gasteiger partial charge in [-0.25, -0.2) is 0 Å². The first-order valence-electron chi connectivity index (χ1n) is 5.02. The Morgan fingerprint density at radius 1 is 1.29 bits per heavy atom. The van der Waals surface area contributed by atoms with E-state index in [1.54, 1.807) is 0 Å². The third-order valence-electron chi connectivity index (χ3n) is 2.37. The van der Waals surface area contributed by atoms with E-state index in [1.807, 2.05) is 7.05 Å². The van der Waals surface area contributed by atoms with Crippen LogP contribution in [0.3, 0.4) is 0 Å². The topological polar surface area (TPSA) is 15.3 Å². The maximum atomic E-state index is 3.15. The van der Waals surface area contributed by atoms with Crippen LogP contribution in [0.15, 0.2) is 18.2 Å². The second kappa shape index (κ2) is 5.13. The van der Waals surface area contributed by atoms with E-state index in [4.69, 9.17) is 0 Å². The first-order valence-corrected chi connectivity index (χ1v) is 5.02. The summed E-state index contributed by atoms with van der Waals surface area (Å²) in [5.74, 6) is 0. The molecule has 0 spiro atoms. The molecule has 0 radical (unpaired) electrons. The van der Waals surface area contributed by atoms with Crippen LogP contribution in [0.25, 0.3) is 0 Å². The zero-order chi connectivity index (χ0) is 10.6. The van der Waals surface area contributed by atoms with Gasteiger partial charge in [0, 0.05) is 13.2 Å². The molecule has 0 amide bonds. The summed E-state index contributed by atoms with van der Waals surface area (Å²) in [6.45, 7) is 6.24. The molecule has 0 saturated carbocycles. The third kappa shape index (κ3) is 3.13. The first-order chi connectivity index (χ1) is 6.63. The molecule has 1 aromatic carbocycles. The molecule has 2 heteroatoms. The highest BCUT2D eigenvalue weighted by Crippen LogP contribution is 2.12. The van der Waals surface area contributed by atoms with E-state index in [0.717, 1.165) is 13.2 Å². The van der Waals surface area contributed by atoms with Gasteiger partial charge >= 0.3 is 0 Å².